The Morgan fingerprint density at radius 2 is 2.00 bits per heavy atom. The highest BCUT2D eigenvalue weighted by Gasteiger charge is 2.19. The van der Waals surface area contributed by atoms with Gasteiger partial charge in [-0.1, -0.05) is 36.4 Å². The van der Waals surface area contributed by atoms with Crippen LogP contribution < -0.4 is 5.32 Å². The molecule has 0 aromatic heterocycles. The molecule has 0 bridgehead atoms. The lowest BCUT2D eigenvalue weighted by Gasteiger charge is -2.23. The van der Waals surface area contributed by atoms with Gasteiger partial charge in [-0.05, 0) is 45.6 Å². The van der Waals surface area contributed by atoms with Crippen molar-refractivity contribution in [3.8, 4) is 0 Å². The van der Waals surface area contributed by atoms with Crippen molar-refractivity contribution < 1.29 is 14.3 Å². The van der Waals surface area contributed by atoms with Crippen LogP contribution in [0.1, 0.15) is 45.6 Å². The van der Waals surface area contributed by atoms with Gasteiger partial charge in [0.05, 0.1) is 19.3 Å². The Morgan fingerprint density at radius 3 is 2.61 bits per heavy atom. The number of ether oxygens (including phenoxy) is 2. The van der Waals surface area contributed by atoms with Gasteiger partial charge < -0.3 is 14.8 Å². The molecule has 4 nitrogen and oxygen atoms in total. The fourth-order valence-corrected chi connectivity index (χ4v) is 2.07. The molecule has 1 aromatic rings. The van der Waals surface area contributed by atoms with E-state index in [-0.39, 0.29) is 6.04 Å². The maximum absolute atomic E-state index is 11.9. The van der Waals surface area contributed by atoms with Gasteiger partial charge in [0, 0.05) is 0 Å². The average molecular weight is 319 g/mol. The zero-order valence-corrected chi connectivity index (χ0v) is 14.5. The van der Waals surface area contributed by atoms with E-state index in [2.05, 4.69) is 11.9 Å². The molecular formula is C19H29NO3. The van der Waals surface area contributed by atoms with Gasteiger partial charge in [-0.3, -0.25) is 0 Å². The molecular weight excluding hydrogens is 290 g/mol. The molecule has 0 saturated carbocycles. The van der Waals surface area contributed by atoms with Crippen molar-refractivity contribution >= 4 is 6.09 Å². The van der Waals surface area contributed by atoms with Gasteiger partial charge in [0.15, 0.2) is 0 Å². The third kappa shape index (κ3) is 9.74. The van der Waals surface area contributed by atoms with E-state index >= 15 is 0 Å². The average Bonchev–Trinajstić information content (AvgIpc) is 2.46. The van der Waals surface area contributed by atoms with Gasteiger partial charge in [0.1, 0.15) is 5.60 Å². The lowest BCUT2D eigenvalue weighted by molar-refractivity contribution is 0.0421. The van der Waals surface area contributed by atoms with Crippen molar-refractivity contribution in [2.24, 2.45) is 0 Å². The molecule has 0 fully saturated rings. The van der Waals surface area contributed by atoms with E-state index in [1.807, 2.05) is 57.2 Å². The molecule has 0 spiro atoms. The molecule has 128 valence electrons. The maximum atomic E-state index is 11.9. The second-order valence-corrected chi connectivity index (χ2v) is 6.56. The molecule has 1 atom stereocenters. The van der Waals surface area contributed by atoms with Crippen molar-refractivity contribution in [2.45, 2.75) is 58.3 Å². The predicted molar refractivity (Wildman–Crippen MR) is 93.3 cm³/mol. The second kappa shape index (κ2) is 10.1. The van der Waals surface area contributed by atoms with E-state index in [4.69, 9.17) is 9.47 Å². The number of carbonyl (C=O) groups is 1. The number of hydrogen-bond donors (Lipinski definition) is 1. The number of rotatable bonds is 9. The largest absolute Gasteiger partial charge is 0.444 e. The summed E-state index contributed by atoms with van der Waals surface area (Å²) in [6.45, 7) is 10.3. The molecule has 1 N–H and O–H groups in total. The molecule has 1 unspecified atom stereocenters. The molecule has 0 aliphatic rings. The van der Waals surface area contributed by atoms with Crippen LogP contribution >= 0.6 is 0 Å². The Bertz CT molecular complexity index is 465. The monoisotopic (exact) mass is 319 g/mol. The van der Waals surface area contributed by atoms with E-state index < -0.39 is 11.7 Å². The summed E-state index contributed by atoms with van der Waals surface area (Å²) in [6, 6.07) is 9.93. The lowest BCUT2D eigenvalue weighted by atomic mass is 10.1. The van der Waals surface area contributed by atoms with Crippen LogP contribution in [0.3, 0.4) is 0 Å². The number of amides is 1. The number of hydrogen-bond acceptors (Lipinski definition) is 3. The molecule has 4 heteroatoms. The summed E-state index contributed by atoms with van der Waals surface area (Å²) in [7, 11) is 0. The molecule has 0 aliphatic heterocycles. The van der Waals surface area contributed by atoms with E-state index in [1.54, 1.807) is 0 Å². The van der Waals surface area contributed by atoms with Gasteiger partial charge in [-0.15, -0.1) is 6.58 Å². The van der Waals surface area contributed by atoms with Crippen LogP contribution in [0.5, 0.6) is 0 Å². The van der Waals surface area contributed by atoms with Crippen molar-refractivity contribution in [1.82, 2.24) is 5.32 Å². The highest BCUT2D eigenvalue weighted by Crippen LogP contribution is 2.09. The summed E-state index contributed by atoms with van der Waals surface area (Å²) < 4.78 is 11.1. The first kappa shape index (κ1) is 19.2. The lowest BCUT2D eigenvalue weighted by Crippen LogP contribution is -2.41. The molecule has 0 aliphatic carbocycles. The minimum absolute atomic E-state index is 0.0616. The Balaban J connectivity index is 2.44. The molecule has 1 aromatic carbocycles. The SMILES string of the molecule is C=CCCCC(COCc1ccccc1)NC(=O)OC(C)(C)C. The van der Waals surface area contributed by atoms with Crippen LogP contribution in [-0.4, -0.2) is 24.3 Å². The molecule has 1 amide bonds. The second-order valence-electron chi connectivity index (χ2n) is 6.56. The quantitative estimate of drug-likeness (QED) is 0.540. The van der Waals surface area contributed by atoms with Crippen molar-refractivity contribution in [2.75, 3.05) is 6.61 Å². The van der Waals surface area contributed by atoms with Gasteiger partial charge in [-0.25, -0.2) is 4.79 Å². The fourth-order valence-electron chi connectivity index (χ4n) is 2.07. The van der Waals surface area contributed by atoms with Gasteiger partial charge in [0.25, 0.3) is 0 Å². The highest BCUT2D eigenvalue weighted by molar-refractivity contribution is 5.68. The molecule has 0 heterocycles. The van der Waals surface area contributed by atoms with Crippen LogP contribution in [0.2, 0.25) is 0 Å². The van der Waals surface area contributed by atoms with Crippen molar-refractivity contribution in [3.05, 3.63) is 48.6 Å². The predicted octanol–water partition coefficient (Wildman–Crippen LogP) is 4.45. The standard InChI is InChI=1S/C19H29NO3/c1-5-6-8-13-17(20-18(21)23-19(2,3)4)15-22-14-16-11-9-7-10-12-16/h5,7,9-12,17H,1,6,8,13-15H2,2-4H3,(H,20,21). The van der Waals surface area contributed by atoms with Crippen molar-refractivity contribution in [3.63, 3.8) is 0 Å². The van der Waals surface area contributed by atoms with E-state index in [9.17, 15) is 4.79 Å². The van der Waals surface area contributed by atoms with Crippen LogP contribution in [0.4, 0.5) is 4.79 Å². The molecule has 1 rings (SSSR count). The van der Waals surface area contributed by atoms with Crippen LogP contribution in [0.15, 0.2) is 43.0 Å². The zero-order valence-electron chi connectivity index (χ0n) is 14.5. The number of carbonyl (C=O) groups excluding carboxylic acids is 1. The van der Waals surface area contributed by atoms with E-state index in [0.29, 0.717) is 13.2 Å². The summed E-state index contributed by atoms with van der Waals surface area (Å²) in [6.07, 6.45) is 4.20. The molecule has 23 heavy (non-hydrogen) atoms. The van der Waals surface area contributed by atoms with E-state index in [0.717, 1.165) is 24.8 Å². The Hall–Kier alpha value is -1.81. The van der Waals surface area contributed by atoms with Crippen LogP contribution in [0.25, 0.3) is 0 Å². The van der Waals surface area contributed by atoms with E-state index in [1.165, 1.54) is 0 Å². The number of allylic oxidation sites excluding steroid dienone is 1. The Morgan fingerprint density at radius 1 is 1.30 bits per heavy atom. The van der Waals surface area contributed by atoms with Crippen LogP contribution in [0, 0.1) is 0 Å². The summed E-state index contributed by atoms with van der Waals surface area (Å²) in [4.78, 5) is 11.9. The number of alkyl carbamates (subject to hydrolysis) is 1. The minimum Gasteiger partial charge on any atom is -0.444 e. The molecule has 0 saturated heterocycles. The Kier molecular flexibility index (Phi) is 8.41. The molecule has 0 radical (unpaired) electrons. The maximum Gasteiger partial charge on any atom is 0.407 e. The first-order valence-corrected chi connectivity index (χ1v) is 8.13. The smallest absolute Gasteiger partial charge is 0.407 e. The summed E-state index contributed by atoms with van der Waals surface area (Å²) >= 11 is 0. The normalized spacial score (nSPS) is 12.5. The fraction of sp³-hybridized carbons (Fsp3) is 0.526. The van der Waals surface area contributed by atoms with Gasteiger partial charge in [0.2, 0.25) is 0 Å². The van der Waals surface area contributed by atoms with Gasteiger partial charge in [-0.2, -0.15) is 0 Å². The topological polar surface area (TPSA) is 47.6 Å². The number of unbranched alkanes of at least 4 members (excludes halogenated alkanes) is 1. The highest BCUT2D eigenvalue weighted by atomic mass is 16.6. The third-order valence-corrected chi connectivity index (χ3v) is 3.11. The van der Waals surface area contributed by atoms with Crippen LogP contribution in [-0.2, 0) is 16.1 Å². The first-order valence-electron chi connectivity index (χ1n) is 8.13. The first-order chi connectivity index (χ1) is 10.9. The summed E-state index contributed by atoms with van der Waals surface area (Å²) in [5, 5.41) is 2.90. The Labute approximate surface area is 139 Å². The van der Waals surface area contributed by atoms with Crippen molar-refractivity contribution in [1.29, 1.82) is 0 Å². The minimum atomic E-state index is -0.499. The summed E-state index contributed by atoms with van der Waals surface area (Å²) in [5.41, 5.74) is 0.621. The van der Waals surface area contributed by atoms with Gasteiger partial charge >= 0.3 is 6.09 Å². The summed E-state index contributed by atoms with van der Waals surface area (Å²) in [5.74, 6) is 0. The number of benzene rings is 1. The third-order valence-electron chi connectivity index (χ3n) is 3.11. The zero-order chi connectivity index (χ0) is 17.1. The number of nitrogens with one attached hydrogen (secondary N) is 1.